The van der Waals surface area contributed by atoms with Crippen LogP contribution in [-0.2, 0) is 16.9 Å². The van der Waals surface area contributed by atoms with Gasteiger partial charge in [0.05, 0.1) is 37.7 Å². The molecule has 0 spiro atoms. The Bertz CT molecular complexity index is 1400. The number of aromatic nitrogens is 5. The minimum atomic E-state index is -4.30. The average molecular weight is 511 g/mol. The van der Waals surface area contributed by atoms with E-state index < -0.39 is 17.8 Å². The SMILES string of the molecule is C[C@H](NCOCc1ccc(N2CC(CC#N)(n3cc(-c4ncnc5[nH]ccc45)cn3)C2)cc1)C(F)(F)F. The smallest absolute Gasteiger partial charge is 0.366 e. The van der Waals surface area contributed by atoms with Crippen molar-refractivity contribution in [1.82, 2.24) is 30.0 Å². The number of nitrogens with one attached hydrogen (secondary N) is 2. The van der Waals surface area contributed by atoms with Crippen LogP contribution in [0.15, 0.2) is 55.2 Å². The van der Waals surface area contributed by atoms with Gasteiger partial charge in [-0.2, -0.15) is 23.5 Å². The summed E-state index contributed by atoms with van der Waals surface area (Å²) in [5.41, 5.74) is 3.76. The van der Waals surface area contributed by atoms with Crippen LogP contribution >= 0.6 is 0 Å². The van der Waals surface area contributed by atoms with E-state index in [0.29, 0.717) is 19.5 Å². The van der Waals surface area contributed by atoms with E-state index in [1.54, 1.807) is 6.20 Å². The molecule has 12 heteroatoms. The van der Waals surface area contributed by atoms with Crippen LogP contribution < -0.4 is 10.2 Å². The molecule has 37 heavy (non-hydrogen) atoms. The summed E-state index contributed by atoms with van der Waals surface area (Å²) in [6.07, 6.45) is 3.02. The van der Waals surface area contributed by atoms with Gasteiger partial charge in [0.15, 0.2) is 0 Å². The molecule has 0 radical (unpaired) electrons. The van der Waals surface area contributed by atoms with E-state index in [2.05, 4.69) is 36.3 Å². The summed E-state index contributed by atoms with van der Waals surface area (Å²) < 4.78 is 44.8. The molecule has 0 unspecified atom stereocenters. The number of rotatable bonds is 9. The number of ether oxygens (including phenoxy) is 1. The second-order valence-corrected chi connectivity index (χ2v) is 9.18. The van der Waals surface area contributed by atoms with Crippen molar-refractivity contribution in [3.63, 3.8) is 0 Å². The van der Waals surface area contributed by atoms with Crippen LogP contribution in [0.3, 0.4) is 0 Å². The minimum Gasteiger partial charge on any atom is -0.366 e. The minimum absolute atomic E-state index is 0.193. The molecule has 4 heterocycles. The van der Waals surface area contributed by atoms with E-state index >= 15 is 0 Å². The highest BCUT2D eigenvalue weighted by molar-refractivity contribution is 5.90. The normalized spacial score (nSPS) is 15.9. The topological polar surface area (TPSA) is 108 Å². The largest absolute Gasteiger partial charge is 0.403 e. The van der Waals surface area contributed by atoms with Crippen LogP contribution in [0.5, 0.6) is 0 Å². The zero-order valence-electron chi connectivity index (χ0n) is 20.0. The van der Waals surface area contributed by atoms with E-state index in [0.717, 1.165) is 40.5 Å². The number of nitrogens with zero attached hydrogens (tertiary/aromatic N) is 6. The number of H-pyrrole nitrogens is 1. The number of benzene rings is 1. The number of anilines is 1. The predicted molar refractivity (Wildman–Crippen MR) is 130 cm³/mol. The molecule has 1 fully saturated rings. The number of hydrogen-bond acceptors (Lipinski definition) is 7. The van der Waals surface area contributed by atoms with Crippen LogP contribution in [0.25, 0.3) is 22.3 Å². The molecular weight excluding hydrogens is 485 g/mol. The summed E-state index contributed by atoms with van der Waals surface area (Å²) in [7, 11) is 0. The molecule has 1 atom stereocenters. The van der Waals surface area contributed by atoms with Crippen LogP contribution in [0.2, 0.25) is 0 Å². The third-order valence-corrected chi connectivity index (χ3v) is 6.63. The van der Waals surface area contributed by atoms with Gasteiger partial charge in [0.1, 0.15) is 23.6 Å². The number of halogens is 3. The van der Waals surface area contributed by atoms with E-state index in [9.17, 15) is 18.4 Å². The van der Waals surface area contributed by atoms with Crippen molar-refractivity contribution < 1.29 is 17.9 Å². The molecule has 5 rings (SSSR count). The quantitative estimate of drug-likeness (QED) is 0.259. The van der Waals surface area contributed by atoms with Crippen molar-refractivity contribution in [3.8, 4) is 17.3 Å². The Morgan fingerprint density at radius 1 is 1.22 bits per heavy atom. The van der Waals surface area contributed by atoms with Crippen molar-refractivity contribution in [2.24, 2.45) is 0 Å². The Morgan fingerprint density at radius 2 is 2.00 bits per heavy atom. The van der Waals surface area contributed by atoms with E-state index in [1.807, 2.05) is 47.4 Å². The lowest BCUT2D eigenvalue weighted by molar-refractivity contribution is -0.155. The summed E-state index contributed by atoms with van der Waals surface area (Å²) in [6.45, 7) is 2.28. The lowest BCUT2D eigenvalue weighted by Crippen LogP contribution is -2.63. The molecule has 192 valence electrons. The highest BCUT2D eigenvalue weighted by Gasteiger charge is 2.45. The van der Waals surface area contributed by atoms with Gasteiger partial charge in [-0.15, -0.1) is 0 Å². The fourth-order valence-electron chi connectivity index (χ4n) is 4.41. The van der Waals surface area contributed by atoms with Crippen molar-refractivity contribution in [2.45, 2.75) is 37.7 Å². The molecule has 0 saturated carbocycles. The predicted octanol–water partition coefficient (Wildman–Crippen LogP) is 3.97. The Kier molecular flexibility index (Phi) is 6.57. The van der Waals surface area contributed by atoms with Gasteiger partial charge < -0.3 is 14.6 Å². The molecule has 0 aliphatic carbocycles. The Morgan fingerprint density at radius 3 is 2.73 bits per heavy atom. The molecule has 1 aliphatic rings. The zero-order chi connectivity index (χ0) is 26.0. The van der Waals surface area contributed by atoms with Gasteiger partial charge in [0.25, 0.3) is 0 Å². The third-order valence-electron chi connectivity index (χ3n) is 6.63. The first-order valence-corrected chi connectivity index (χ1v) is 11.7. The van der Waals surface area contributed by atoms with Crippen LogP contribution in [0.4, 0.5) is 18.9 Å². The van der Waals surface area contributed by atoms with Gasteiger partial charge in [-0.3, -0.25) is 10.00 Å². The van der Waals surface area contributed by atoms with Crippen molar-refractivity contribution >= 4 is 16.7 Å². The number of aromatic amines is 1. The molecule has 1 saturated heterocycles. The summed E-state index contributed by atoms with van der Waals surface area (Å²) in [5.74, 6) is 0. The summed E-state index contributed by atoms with van der Waals surface area (Å²) in [5, 5.41) is 17.3. The van der Waals surface area contributed by atoms with Crippen molar-refractivity contribution in [3.05, 3.63) is 60.8 Å². The second-order valence-electron chi connectivity index (χ2n) is 9.18. The number of hydrogen-bond donors (Lipinski definition) is 2. The maximum Gasteiger partial charge on any atom is 0.403 e. The summed E-state index contributed by atoms with van der Waals surface area (Å²) in [4.78, 5) is 13.9. The molecule has 1 aliphatic heterocycles. The van der Waals surface area contributed by atoms with Crippen LogP contribution in [0.1, 0.15) is 18.9 Å². The lowest BCUT2D eigenvalue weighted by atomic mass is 9.86. The third kappa shape index (κ3) is 5.00. The number of alkyl halides is 3. The first-order valence-electron chi connectivity index (χ1n) is 11.7. The van der Waals surface area contributed by atoms with Crippen LogP contribution in [-0.4, -0.2) is 56.8 Å². The van der Waals surface area contributed by atoms with E-state index in [4.69, 9.17) is 4.74 Å². The fourth-order valence-corrected chi connectivity index (χ4v) is 4.41. The average Bonchev–Trinajstić information content (AvgIpc) is 3.54. The second kappa shape index (κ2) is 9.84. The summed E-state index contributed by atoms with van der Waals surface area (Å²) >= 11 is 0. The van der Waals surface area contributed by atoms with Gasteiger partial charge in [-0.05, 0) is 30.7 Å². The molecule has 4 aromatic rings. The Hall–Kier alpha value is -3.95. The molecule has 2 N–H and O–H groups in total. The van der Waals surface area contributed by atoms with E-state index in [1.165, 1.54) is 6.33 Å². The monoisotopic (exact) mass is 510 g/mol. The van der Waals surface area contributed by atoms with Crippen molar-refractivity contribution in [2.75, 3.05) is 24.7 Å². The van der Waals surface area contributed by atoms with E-state index in [-0.39, 0.29) is 13.3 Å². The number of fused-ring (bicyclic) bond motifs is 1. The number of nitriles is 1. The highest BCUT2D eigenvalue weighted by Crippen LogP contribution is 2.37. The lowest BCUT2D eigenvalue weighted by Gasteiger charge is -2.50. The summed E-state index contributed by atoms with van der Waals surface area (Å²) in [6, 6.07) is 10.3. The fraction of sp³-hybridized carbons (Fsp3) is 0.360. The highest BCUT2D eigenvalue weighted by atomic mass is 19.4. The first kappa shape index (κ1) is 24.7. The molecule has 3 aromatic heterocycles. The molecule has 0 bridgehead atoms. The Balaban J connectivity index is 1.21. The molecule has 9 nitrogen and oxygen atoms in total. The van der Waals surface area contributed by atoms with Gasteiger partial charge in [-0.1, -0.05) is 12.1 Å². The first-order chi connectivity index (χ1) is 17.8. The van der Waals surface area contributed by atoms with Gasteiger partial charge in [0.2, 0.25) is 0 Å². The molecule has 0 amide bonds. The molecule has 1 aromatic carbocycles. The molecular formula is C25H25F3N8O. The zero-order valence-corrected chi connectivity index (χ0v) is 20.0. The van der Waals surface area contributed by atoms with Crippen molar-refractivity contribution in [1.29, 1.82) is 5.26 Å². The van der Waals surface area contributed by atoms with Gasteiger partial charge in [-0.25, -0.2) is 9.97 Å². The maximum atomic E-state index is 12.5. The standard InChI is InChI=1S/C25H25F3N8O/c1-17(25(26,27)28)33-16-37-12-18-2-4-20(5-3-18)35-13-24(14-35,7-8-29)36-11-19(10-34-36)22-21-6-9-30-23(21)32-15-31-22/h2-6,9-11,15,17,33H,7,12-14,16H2,1H3,(H,30,31,32)/t17-/m0/s1. The van der Waals surface area contributed by atoms with Gasteiger partial charge >= 0.3 is 6.18 Å². The van der Waals surface area contributed by atoms with Gasteiger partial charge in [0, 0.05) is 42.1 Å². The maximum absolute atomic E-state index is 12.5. The van der Waals surface area contributed by atoms with Crippen LogP contribution in [0, 0.1) is 11.3 Å². The Labute approximate surface area is 210 Å².